The summed E-state index contributed by atoms with van der Waals surface area (Å²) in [5, 5.41) is 4.25. The van der Waals surface area contributed by atoms with E-state index in [1.54, 1.807) is 11.3 Å². The lowest BCUT2D eigenvalue weighted by molar-refractivity contribution is 0.579. The Morgan fingerprint density at radius 2 is 2.24 bits per heavy atom. The second-order valence-electron chi connectivity index (χ2n) is 7.19. The van der Waals surface area contributed by atoms with Crippen LogP contribution in [0.15, 0.2) is 44.5 Å². The van der Waals surface area contributed by atoms with Crippen LogP contribution in [-0.2, 0) is 6.42 Å². The number of H-pyrrole nitrogens is 1. The highest BCUT2D eigenvalue weighted by Gasteiger charge is 2.36. The molecule has 0 amide bonds. The number of aromatic nitrogens is 2. The highest BCUT2D eigenvalue weighted by atomic mass is 79.9. The number of nitrogens with one attached hydrogen (secondary N) is 1. The maximum atomic E-state index is 5.21. The number of allylic oxidation sites excluding steroid dienone is 3. The molecule has 0 saturated heterocycles. The molecule has 3 atom stereocenters. The standard InChI is InChI=1S/C20H20BrN3S/c21-15-3-1-2-4-16-19(24-20(23-16)14-7-8-25-11-14)18(15)22-17-10-12-5-6-13(17)9-12/h3,5-8,11-13,17H,1-2,4,9-10H2,(H,23,24). The number of hydrogen-bond acceptors (Lipinski definition) is 3. The number of imidazole rings is 1. The first kappa shape index (κ1) is 15.8. The SMILES string of the molecule is BrC1=CCCCc2[nH]c(-c3ccsc3)nc2C1=NC1CC2C=CC1C2. The Balaban J connectivity index is 1.59. The summed E-state index contributed by atoms with van der Waals surface area (Å²) in [6.07, 6.45) is 12.7. The molecule has 3 aliphatic rings. The molecule has 128 valence electrons. The molecule has 3 unspecified atom stereocenters. The van der Waals surface area contributed by atoms with Crippen molar-refractivity contribution in [1.29, 1.82) is 0 Å². The molecule has 1 saturated carbocycles. The molecule has 2 heterocycles. The molecule has 25 heavy (non-hydrogen) atoms. The molecule has 0 aliphatic heterocycles. The molecular weight excluding hydrogens is 394 g/mol. The molecule has 1 fully saturated rings. The highest BCUT2D eigenvalue weighted by Crippen LogP contribution is 2.41. The van der Waals surface area contributed by atoms with Crippen LogP contribution in [0.4, 0.5) is 0 Å². The Labute approximate surface area is 160 Å². The number of thiophene rings is 1. The lowest BCUT2D eigenvalue weighted by atomic mass is 10.0. The second kappa shape index (κ2) is 6.36. The van der Waals surface area contributed by atoms with E-state index in [9.17, 15) is 0 Å². The van der Waals surface area contributed by atoms with Crippen LogP contribution < -0.4 is 0 Å². The van der Waals surface area contributed by atoms with Crippen LogP contribution in [-0.4, -0.2) is 21.7 Å². The smallest absolute Gasteiger partial charge is 0.139 e. The van der Waals surface area contributed by atoms with Gasteiger partial charge >= 0.3 is 0 Å². The number of fused-ring (bicyclic) bond motifs is 3. The van der Waals surface area contributed by atoms with Crippen LogP contribution in [0.5, 0.6) is 0 Å². The third kappa shape index (κ3) is 2.87. The zero-order valence-electron chi connectivity index (χ0n) is 13.9. The first-order chi connectivity index (χ1) is 12.3. The van der Waals surface area contributed by atoms with Gasteiger partial charge in [-0.1, -0.05) is 18.2 Å². The van der Waals surface area contributed by atoms with Crippen LogP contribution in [0.3, 0.4) is 0 Å². The van der Waals surface area contributed by atoms with Gasteiger partial charge in [-0.05, 0) is 71.3 Å². The maximum absolute atomic E-state index is 5.21. The zero-order chi connectivity index (χ0) is 16.8. The summed E-state index contributed by atoms with van der Waals surface area (Å²) in [5.74, 6) is 2.31. The van der Waals surface area contributed by atoms with Gasteiger partial charge in [-0.25, -0.2) is 4.98 Å². The molecule has 2 aromatic rings. The molecular formula is C20H20BrN3S. The Bertz CT molecular complexity index is 875. The van der Waals surface area contributed by atoms with E-state index < -0.39 is 0 Å². The van der Waals surface area contributed by atoms with Crippen molar-refractivity contribution >= 4 is 33.0 Å². The van der Waals surface area contributed by atoms with E-state index in [1.165, 1.54) is 24.1 Å². The molecule has 0 radical (unpaired) electrons. The van der Waals surface area contributed by atoms with Crippen molar-refractivity contribution in [2.45, 2.75) is 38.1 Å². The number of aliphatic imine (C=N–C) groups is 1. The fourth-order valence-electron chi connectivity index (χ4n) is 4.23. The second-order valence-corrected chi connectivity index (χ2v) is 8.83. The van der Waals surface area contributed by atoms with Crippen molar-refractivity contribution in [3.8, 4) is 11.4 Å². The predicted molar refractivity (Wildman–Crippen MR) is 108 cm³/mol. The lowest BCUT2D eigenvalue weighted by Gasteiger charge is -2.17. The van der Waals surface area contributed by atoms with Crippen molar-refractivity contribution < 1.29 is 0 Å². The quantitative estimate of drug-likeness (QED) is 0.647. The monoisotopic (exact) mass is 413 g/mol. The molecule has 0 spiro atoms. The zero-order valence-corrected chi connectivity index (χ0v) is 16.3. The summed E-state index contributed by atoms with van der Waals surface area (Å²) in [6.45, 7) is 0. The predicted octanol–water partition coefficient (Wildman–Crippen LogP) is 5.51. The van der Waals surface area contributed by atoms with E-state index in [0.717, 1.165) is 46.9 Å². The molecule has 0 aromatic carbocycles. The summed E-state index contributed by atoms with van der Waals surface area (Å²) in [5.41, 5.74) is 4.47. The van der Waals surface area contributed by atoms with Gasteiger partial charge in [0.05, 0.1) is 11.8 Å². The average Bonchev–Trinajstić information content (AvgIpc) is 3.38. The van der Waals surface area contributed by atoms with Gasteiger partial charge in [0, 0.05) is 21.1 Å². The minimum atomic E-state index is 0.402. The number of hydrogen-bond donors (Lipinski definition) is 1. The normalized spacial score (nSPS) is 29.6. The Hall–Kier alpha value is -1.46. The average molecular weight is 414 g/mol. The van der Waals surface area contributed by atoms with Crippen LogP contribution in [0.1, 0.15) is 37.1 Å². The minimum Gasteiger partial charge on any atom is -0.341 e. The summed E-state index contributed by atoms with van der Waals surface area (Å²) in [7, 11) is 0. The number of aromatic amines is 1. The molecule has 1 N–H and O–H groups in total. The van der Waals surface area contributed by atoms with Crippen LogP contribution in [0.2, 0.25) is 0 Å². The summed E-state index contributed by atoms with van der Waals surface area (Å²) in [4.78, 5) is 13.7. The van der Waals surface area contributed by atoms with Gasteiger partial charge < -0.3 is 4.98 Å². The van der Waals surface area contributed by atoms with Gasteiger partial charge in [-0.2, -0.15) is 11.3 Å². The van der Waals surface area contributed by atoms with Gasteiger partial charge in [0.2, 0.25) is 0 Å². The van der Waals surface area contributed by atoms with Gasteiger partial charge in [0.25, 0.3) is 0 Å². The van der Waals surface area contributed by atoms with E-state index in [1.807, 2.05) is 0 Å². The van der Waals surface area contributed by atoms with Gasteiger partial charge in [-0.3, -0.25) is 4.99 Å². The highest BCUT2D eigenvalue weighted by molar-refractivity contribution is 9.12. The van der Waals surface area contributed by atoms with Crippen LogP contribution >= 0.6 is 27.3 Å². The summed E-state index contributed by atoms with van der Waals surface area (Å²) >= 11 is 5.49. The molecule has 3 nitrogen and oxygen atoms in total. The Morgan fingerprint density at radius 3 is 3.00 bits per heavy atom. The fraction of sp³-hybridized carbons (Fsp3) is 0.400. The molecule has 2 bridgehead atoms. The molecule has 3 aliphatic carbocycles. The van der Waals surface area contributed by atoms with Crippen molar-refractivity contribution in [2.75, 3.05) is 0 Å². The number of rotatable bonds is 2. The molecule has 5 rings (SSSR count). The first-order valence-corrected chi connectivity index (χ1v) is 10.8. The summed E-state index contributed by atoms with van der Waals surface area (Å²) in [6, 6.07) is 2.53. The topological polar surface area (TPSA) is 41.0 Å². The third-order valence-electron chi connectivity index (χ3n) is 5.52. The minimum absolute atomic E-state index is 0.402. The first-order valence-electron chi connectivity index (χ1n) is 9.02. The van der Waals surface area contributed by atoms with E-state index >= 15 is 0 Å². The number of halogens is 1. The van der Waals surface area contributed by atoms with Crippen LogP contribution in [0, 0.1) is 11.8 Å². The van der Waals surface area contributed by atoms with Gasteiger partial charge in [0.15, 0.2) is 0 Å². The maximum Gasteiger partial charge on any atom is 0.139 e. The molecule has 2 aromatic heterocycles. The van der Waals surface area contributed by atoms with Crippen molar-refractivity contribution in [2.24, 2.45) is 16.8 Å². The fourth-order valence-corrected chi connectivity index (χ4v) is 5.39. The van der Waals surface area contributed by atoms with Gasteiger partial charge in [0.1, 0.15) is 11.5 Å². The van der Waals surface area contributed by atoms with E-state index in [0.29, 0.717) is 12.0 Å². The van der Waals surface area contributed by atoms with Crippen LogP contribution in [0.25, 0.3) is 11.4 Å². The lowest BCUT2D eigenvalue weighted by Crippen LogP contribution is -2.17. The largest absolute Gasteiger partial charge is 0.341 e. The van der Waals surface area contributed by atoms with Crippen molar-refractivity contribution in [1.82, 2.24) is 9.97 Å². The van der Waals surface area contributed by atoms with Crippen molar-refractivity contribution in [3.63, 3.8) is 0 Å². The Kier molecular flexibility index (Phi) is 4.01. The van der Waals surface area contributed by atoms with E-state index in [2.05, 4.69) is 56.0 Å². The summed E-state index contributed by atoms with van der Waals surface area (Å²) < 4.78 is 1.10. The van der Waals surface area contributed by atoms with E-state index in [-0.39, 0.29) is 0 Å². The van der Waals surface area contributed by atoms with E-state index in [4.69, 9.17) is 9.98 Å². The van der Waals surface area contributed by atoms with Crippen molar-refractivity contribution in [3.05, 3.63) is 50.9 Å². The molecule has 5 heteroatoms. The third-order valence-corrected chi connectivity index (χ3v) is 6.90. The van der Waals surface area contributed by atoms with Gasteiger partial charge in [-0.15, -0.1) is 0 Å². The number of aryl methyl sites for hydroxylation is 1. The number of nitrogens with zero attached hydrogens (tertiary/aromatic N) is 2. The Morgan fingerprint density at radius 1 is 1.28 bits per heavy atom.